The zero-order valence-corrected chi connectivity index (χ0v) is 12.7. The van der Waals surface area contributed by atoms with Gasteiger partial charge in [-0.3, -0.25) is 0 Å². The molecule has 3 rings (SSSR count). The minimum atomic E-state index is -3.66. The first-order valence-corrected chi connectivity index (χ1v) is 7.98. The molecule has 0 unspecified atom stereocenters. The number of rotatable bonds is 3. The number of sulfonamides is 1. The van der Waals surface area contributed by atoms with Crippen LogP contribution in [0.1, 0.15) is 5.69 Å². The van der Waals surface area contributed by atoms with E-state index in [1.165, 1.54) is 27.3 Å². The third-order valence-electron chi connectivity index (χ3n) is 3.50. The van der Waals surface area contributed by atoms with E-state index >= 15 is 0 Å². The molecule has 21 heavy (non-hydrogen) atoms. The lowest BCUT2D eigenvalue weighted by atomic mass is 9.93. The number of aryl methyl sites for hydroxylation is 1. The largest absolute Gasteiger partial charge is 0.381 e. The molecular weight excluding hydrogens is 316 g/mol. The van der Waals surface area contributed by atoms with Crippen molar-refractivity contribution in [1.82, 2.24) is 19.3 Å². The Morgan fingerprint density at radius 2 is 2.10 bits per heavy atom. The highest BCUT2D eigenvalue weighted by Crippen LogP contribution is 2.35. The van der Waals surface area contributed by atoms with E-state index in [4.69, 9.17) is 11.6 Å². The predicted molar refractivity (Wildman–Crippen MR) is 75.1 cm³/mol. The van der Waals surface area contributed by atoms with Crippen molar-refractivity contribution in [2.45, 2.75) is 10.5 Å². The van der Waals surface area contributed by atoms with Gasteiger partial charge >= 0.3 is 0 Å². The lowest BCUT2D eigenvalue weighted by molar-refractivity contribution is -0.0707. The lowest BCUT2D eigenvalue weighted by Crippen LogP contribution is -2.61. The molecule has 0 atom stereocenters. The number of nitrogens with zero attached hydrogens (tertiary/aromatic N) is 4. The predicted octanol–water partition coefficient (Wildman–Crippen LogP) is 0.361. The van der Waals surface area contributed by atoms with Gasteiger partial charge in [-0.05, 0) is 18.2 Å². The lowest BCUT2D eigenvalue weighted by Gasteiger charge is -2.44. The van der Waals surface area contributed by atoms with E-state index in [1.807, 2.05) is 0 Å². The fraction of sp³-hybridized carbons (Fsp3) is 0.333. The van der Waals surface area contributed by atoms with Crippen molar-refractivity contribution in [3.05, 3.63) is 41.2 Å². The molecule has 112 valence electrons. The third-order valence-corrected chi connectivity index (χ3v) is 5.52. The van der Waals surface area contributed by atoms with Gasteiger partial charge in [0.1, 0.15) is 5.60 Å². The Morgan fingerprint density at radius 3 is 2.67 bits per heavy atom. The maximum absolute atomic E-state index is 12.4. The fourth-order valence-corrected chi connectivity index (χ4v) is 4.20. The van der Waals surface area contributed by atoms with Crippen LogP contribution in [0, 0.1) is 0 Å². The molecule has 0 aliphatic carbocycles. The minimum absolute atomic E-state index is 0.0386. The second-order valence-electron chi connectivity index (χ2n) is 5.00. The van der Waals surface area contributed by atoms with Crippen LogP contribution in [-0.2, 0) is 22.7 Å². The molecule has 2 aromatic rings. The molecular formula is C12H13ClN4O3S. The Labute approximate surface area is 126 Å². The molecule has 0 bridgehead atoms. The van der Waals surface area contributed by atoms with Crippen molar-refractivity contribution < 1.29 is 13.5 Å². The normalized spacial score (nSPS) is 18.4. The summed E-state index contributed by atoms with van der Waals surface area (Å²) in [5.74, 6) is 0. The fourth-order valence-electron chi connectivity index (χ4n) is 2.36. The average Bonchev–Trinajstić information content (AvgIpc) is 2.81. The van der Waals surface area contributed by atoms with Gasteiger partial charge in [-0.1, -0.05) is 22.9 Å². The van der Waals surface area contributed by atoms with Gasteiger partial charge in [0.2, 0.25) is 10.0 Å². The molecule has 9 heteroatoms. The van der Waals surface area contributed by atoms with E-state index in [0.717, 1.165) is 0 Å². The molecule has 1 fully saturated rings. The van der Waals surface area contributed by atoms with Crippen LogP contribution in [0.5, 0.6) is 0 Å². The molecule has 1 aliphatic heterocycles. The Balaban J connectivity index is 1.84. The van der Waals surface area contributed by atoms with Gasteiger partial charge < -0.3 is 5.11 Å². The number of halogens is 1. The van der Waals surface area contributed by atoms with Crippen molar-refractivity contribution in [2.24, 2.45) is 7.05 Å². The summed E-state index contributed by atoms with van der Waals surface area (Å²) in [5, 5.41) is 18.2. The summed E-state index contributed by atoms with van der Waals surface area (Å²) in [5.41, 5.74) is -0.774. The quantitative estimate of drug-likeness (QED) is 0.879. The molecule has 0 radical (unpaired) electrons. The van der Waals surface area contributed by atoms with E-state index < -0.39 is 15.6 Å². The van der Waals surface area contributed by atoms with E-state index in [9.17, 15) is 13.5 Å². The highest BCUT2D eigenvalue weighted by atomic mass is 35.5. The molecule has 1 aromatic carbocycles. The van der Waals surface area contributed by atoms with Gasteiger partial charge in [0.15, 0.2) is 0 Å². The first kappa shape index (κ1) is 14.5. The maximum Gasteiger partial charge on any atom is 0.243 e. The first-order valence-electron chi connectivity index (χ1n) is 6.16. The van der Waals surface area contributed by atoms with Gasteiger partial charge in [0, 0.05) is 12.1 Å². The van der Waals surface area contributed by atoms with Crippen LogP contribution in [0.3, 0.4) is 0 Å². The van der Waals surface area contributed by atoms with Crippen molar-refractivity contribution in [2.75, 3.05) is 13.1 Å². The zero-order chi connectivity index (χ0) is 15.3. The zero-order valence-electron chi connectivity index (χ0n) is 11.1. The maximum atomic E-state index is 12.4. The van der Waals surface area contributed by atoms with Crippen LogP contribution in [0.15, 0.2) is 35.4 Å². The molecule has 0 saturated carbocycles. The molecule has 2 heterocycles. The summed E-state index contributed by atoms with van der Waals surface area (Å²) in [7, 11) is -2.01. The molecule has 7 nitrogen and oxygen atoms in total. The number of hydrogen-bond donors (Lipinski definition) is 1. The Bertz CT molecular complexity index is 783. The standard InChI is InChI=1S/C12H13ClN4O3S/c1-16-11(6-14-15-16)12(18)7-17(8-12)21(19,20)10-4-2-3-9(13)5-10/h2-6,18H,7-8H2,1H3. The van der Waals surface area contributed by atoms with Gasteiger partial charge in [0.05, 0.1) is 29.9 Å². The second-order valence-corrected chi connectivity index (χ2v) is 7.38. The third kappa shape index (κ3) is 2.34. The first-order chi connectivity index (χ1) is 9.83. The van der Waals surface area contributed by atoms with E-state index in [1.54, 1.807) is 19.2 Å². The monoisotopic (exact) mass is 328 g/mol. The SMILES string of the molecule is Cn1nncc1C1(O)CN(S(=O)(=O)c2cccc(Cl)c2)C1. The van der Waals surface area contributed by atoms with Gasteiger partial charge in [-0.15, -0.1) is 5.10 Å². The van der Waals surface area contributed by atoms with Crippen molar-refractivity contribution >= 4 is 21.6 Å². The smallest absolute Gasteiger partial charge is 0.243 e. The summed E-state index contributed by atoms with van der Waals surface area (Å²) < 4.78 is 27.5. The number of hydrogen-bond acceptors (Lipinski definition) is 5. The molecule has 0 spiro atoms. The summed E-state index contributed by atoms with van der Waals surface area (Å²) in [6.45, 7) is -0.0773. The van der Waals surface area contributed by atoms with E-state index in [2.05, 4.69) is 10.3 Å². The van der Waals surface area contributed by atoms with Crippen LogP contribution in [0.25, 0.3) is 0 Å². The van der Waals surface area contributed by atoms with Crippen molar-refractivity contribution in [3.63, 3.8) is 0 Å². The van der Waals surface area contributed by atoms with E-state index in [0.29, 0.717) is 10.7 Å². The Kier molecular flexibility index (Phi) is 3.28. The van der Waals surface area contributed by atoms with Crippen LogP contribution < -0.4 is 0 Å². The molecule has 1 aliphatic rings. The molecule has 1 saturated heterocycles. The number of aliphatic hydroxyl groups is 1. The Morgan fingerprint density at radius 1 is 1.38 bits per heavy atom. The summed E-state index contributed by atoms with van der Waals surface area (Å²) in [6, 6.07) is 6.05. The van der Waals surface area contributed by atoms with Gasteiger partial charge in [-0.25, -0.2) is 13.1 Å². The van der Waals surface area contributed by atoms with Crippen molar-refractivity contribution in [1.29, 1.82) is 0 Å². The van der Waals surface area contributed by atoms with Gasteiger partial charge in [0.25, 0.3) is 0 Å². The highest BCUT2D eigenvalue weighted by molar-refractivity contribution is 7.89. The number of aromatic nitrogens is 3. The molecule has 1 aromatic heterocycles. The van der Waals surface area contributed by atoms with E-state index in [-0.39, 0.29) is 18.0 Å². The molecule has 0 amide bonds. The summed E-state index contributed by atoms with van der Waals surface area (Å²) in [6.07, 6.45) is 1.43. The average molecular weight is 329 g/mol. The number of β-amino-alcohol motifs (C(OH)–C–C–N with tert-alkyl or cyclic N) is 1. The number of benzene rings is 1. The minimum Gasteiger partial charge on any atom is -0.381 e. The van der Waals surface area contributed by atoms with Gasteiger partial charge in [-0.2, -0.15) is 4.31 Å². The van der Waals surface area contributed by atoms with Crippen LogP contribution in [0.2, 0.25) is 5.02 Å². The second kappa shape index (κ2) is 4.77. The highest BCUT2D eigenvalue weighted by Gasteiger charge is 2.50. The Hall–Kier alpha value is -1.48. The summed E-state index contributed by atoms with van der Waals surface area (Å²) >= 11 is 5.82. The summed E-state index contributed by atoms with van der Waals surface area (Å²) in [4.78, 5) is 0.111. The molecule has 1 N–H and O–H groups in total. The van der Waals surface area contributed by atoms with Crippen molar-refractivity contribution in [3.8, 4) is 0 Å². The van der Waals surface area contributed by atoms with Crippen LogP contribution in [-0.4, -0.2) is 45.9 Å². The van der Waals surface area contributed by atoms with Crippen LogP contribution >= 0.6 is 11.6 Å². The topological polar surface area (TPSA) is 88.3 Å². The van der Waals surface area contributed by atoms with Crippen LogP contribution in [0.4, 0.5) is 0 Å².